The summed E-state index contributed by atoms with van der Waals surface area (Å²) in [5.74, 6) is 17.9. The minimum atomic E-state index is -0.208. The molecule has 3 aliphatic heterocycles. The zero-order chi connectivity index (χ0) is 37.9. The molecule has 4 N–H and O–H groups in total. The molecule has 2 fully saturated rings. The van der Waals surface area contributed by atoms with E-state index in [9.17, 15) is 0 Å². The molecule has 1 atom stereocenters. The number of nitrogen functional groups attached to an aromatic ring is 2. The van der Waals surface area contributed by atoms with Crippen LogP contribution in [-0.2, 0) is 42.0 Å². The fourth-order valence-electron chi connectivity index (χ4n) is 7.61. The summed E-state index contributed by atoms with van der Waals surface area (Å²) < 4.78 is 15.8. The van der Waals surface area contributed by atoms with E-state index >= 15 is 0 Å². The van der Waals surface area contributed by atoms with E-state index in [1.54, 1.807) is 32.0 Å². The lowest BCUT2D eigenvalue weighted by Crippen LogP contribution is -2.63. The smallest absolute Gasteiger partial charge is 0.274 e. The highest BCUT2D eigenvalue weighted by Crippen LogP contribution is 2.49. The van der Waals surface area contributed by atoms with Gasteiger partial charge >= 0.3 is 0 Å². The highest BCUT2D eigenvalue weighted by molar-refractivity contribution is 5.61. The van der Waals surface area contributed by atoms with Gasteiger partial charge in [0.05, 0.1) is 46.6 Å². The van der Waals surface area contributed by atoms with Gasteiger partial charge in [0.2, 0.25) is 6.23 Å². The molecule has 8 rings (SSSR count). The molecule has 2 saturated heterocycles. The van der Waals surface area contributed by atoms with Crippen LogP contribution in [0, 0.1) is 29.1 Å². The maximum absolute atomic E-state index is 6.62. The lowest BCUT2D eigenvalue weighted by atomic mass is 9.73. The number of nitrogens with zero attached hydrogens (tertiary/aromatic N) is 11. The van der Waals surface area contributed by atoms with Gasteiger partial charge in [-0.15, -0.1) is 10.2 Å². The first kappa shape index (κ1) is 35.8. The Bertz CT molecular complexity index is 2330. The highest BCUT2D eigenvalue weighted by Gasteiger charge is 2.54. The maximum atomic E-state index is 6.62. The second kappa shape index (κ2) is 15.3. The number of hydrogen-bond donors (Lipinski definition) is 2. The van der Waals surface area contributed by atoms with Crippen LogP contribution in [0.2, 0.25) is 0 Å². The van der Waals surface area contributed by atoms with Crippen LogP contribution in [-0.4, -0.2) is 73.0 Å². The van der Waals surface area contributed by atoms with Gasteiger partial charge in [-0.3, -0.25) is 5.73 Å². The third kappa shape index (κ3) is 7.00. The minimum Gasteiger partial charge on any atom is -0.384 e. The quantitative estimate of drug-likeness (QED) is 0.184. The Balaban J connectivity index is 1.01. The SMILES string of the molecule is CCc1ncnc(N2CCC3(CC2)COC3[n+]2cc(C#Cc3c(CC)ncnc3N3CCn4c(COC)nnc4C3)ccc2N)c1C#Cc1ccc(N)nc1. The molecule has 280 valence electrons. The van der Waals surface area contributed by atoms with Crippen molar-refractivity contribution >= 4 is 23.3 Å². The summed E-state index contributed by atoms with van der Waals surface area (Å²) in [6, 6.07) is 7.48. The standard InChI is InChI=1S/C40H43N13O2/c1-4-31-29(10-6-27-8-12-33(41)43-20-27)37(46-25-44-31)50-16-14-40(15-17-50)24-55-39(40)53-21-28(9-13-34(53)42)7-11-30-32(5-2)45-26-47-38(30)51-18-19-52-35(22-51)48-49-36(52)23-54-3/h8-9,12-13,20-21,25-26,39,42H,4-5,14-19,22-24H2,1-3H3,(H2,41,43)/p+1. The van der Waals surface area contributed by atoms with Crippen LogP contribution < -0.4 is 25.8 Å². The maximum Gasteiger partial charge on any atom is 0.274 e. The third-order valence-corrected chi connectivity index (χ3v) is 10.7. The number of aromatic nitrogens is 9. The van der Waals surface area contributed by atoms with E-state index in [2.05, 4.69) is 77.0 Å². The topological polar surface area (TPSA) is 176 Å². The van der Waals surface area contributed by atoms with Gasteiger partial charge in [0.25, 0.3) is 5.82 Å². The number of hydrogen-bond acceptors (Lipinski definition) is 13. The second-order valence-electron chi connectivity index (χ2n) is 14.0. The normalized spacial score (nSPS) is 17.1. The van der Waals surface area contributed by atoms with Crippen LogP contribution in [0.4, 0.5) is 23.3 Å². The number of rotatable bonds is 7. The molecular formula is C40H44N13O2+. The summed E-state index contributed by atoms with van der Waals surface area (Å²) >= 11 is 0. The first-order valence-corrected chi connectivity index (χ1v) is 18.6. The van der Waals surface area contributed by atoms with Crippen LogP contribution in [0.3, 0.4) is 0 Å². The predicted octanol–water partition coefficient (Wildman–Crippen LogP) is 2.61. The van der Waals surface area contributed by atoms with Crippen LogP contribution in [0.1, 0.15) is 78.2 Å². The molecule has 1 spiro atoms. The Kier molecular flexibility index (Phi) is 9.97. The molecule has 5 aromatic rings. The average Bonchev–Trinajstić information content (AvgIpc) is 3.62. The van der Waals surface area contributed by atoms with E-state index in [-0.39, 0.29) is 11.6 Å². The minimum absolute atomic E-state index is 0.0722. The summed E-state index contributed by atoms with van der Waals surface area (Å²) in [5, 5.41) is 8.75. The summed E-state index contributed by atoms with van der Waals surface area (Å²) in [4.78, 5) is 27.3. The van der Waals surface area contributed by atoms with E-state index in [4.69, 9.17) is 30.9 Å². The molecular weight excluding hydrogens is 695 g/mol. The highest BCUT2D eigenvalue weighted by atomic mass is 16.5. The fourth-order valence-corrected chi connectivity index (χ4v) is 7.61. The number of piperidine rings is 1. The number of fused-ring (bicyclic) bond motifs is 1. The number of pyridine rings is 2. The van der Waals surface area contributed by atoms with Gasteiger partial charge in [-0.1, -0.05) is 37.5 Å². The summed E-state index contributed by atoms with van der Waals surface area (Å²) in [6.07, 6.45) is 10.0. The van der Waals surface area contributed by atoms with Crippen molar-refractivity contribution in [3.63, 3.8) is 0 Å². The molecule has 5 aromatic heterocycles. The van der Waals surface area contributed by atoms with Crippen molar-refractivity contribution in [1.82, 2.24) is 39.7 Å². The van der Waals surface area contributed by atoms with E-state index in [1.165, 1.54) is 0 Å². The summed E-state index contributed by atoms with van der Waals surface area (Å²) in [7, 11) is 1.66. The van der Waals surface area contributed by atoms with Crippen LogP contribution in [0.15, 0.2) is 49.3 Å². The van der Waals surface area contributed by atoms with Crippen LogP contribution >= 0.6 is 0 Å². The zero-order valence-electron chi connectivity index (χ0n) is 31.4. The first-order valence-electron chi connectivity index (χ1n) is 18.6. The molecule has 0 saturated carbocycles. The van der Waals surface area contributed by atoms with Crippen molar-refractivity contribution in [3.8, 4) is 23.7 Å². The third-order valence-electron chi connectivity index (χ3n) is 10.7. The average molecular weight is 739 g/mol. The molecule has 1 unspecified atom stereocenters. The van der Waals surface area contributed by atoms with Crippen molar-refractivity contribution in [1.29, 1.82) is 0 Å². The van der Waals surface area contributed by atoms with Crippen molar-refractivity contribution in [2.24, 2.45) is 5.41 Å². The van der Waals surface area contributed by atoms with Gasteiger partial charge < -0.3 is 29.6 Å². The molecule has 8 heterocycles. The molecule has 0 aliphatic carbocycles. The van der Waals surface area contributed by atoms with E-state index in [0.29, 0.717) is 31.4 Å². The molecule has 3 aliphatic rings. The Labute approximate surface area is 320 Å². The number of aryl methyl sites for hydroxylation is 2. The van der Waals surface area contributed by atoms with Crippen LogP contribution in [0.25, 0.3) is 0 Å². The Hall–Kier alpha value is -6.16. The molecule has 0 radical (unpaired) electrons. The lowest BCUT2D eigenvalue weighted by molar-refractivity contribution is -0.790. The monoisotopic (exact) mass is 738 g/mol. The van der Waals surface area contributed by atoms with Crippen molar-refractivity contribution < 1.29 is 14.0 Å². The van der Waals surface area contributed by atoms with Gasteiger partial charge in [0.15, 0.2) is 11.6 Å². The first-order chi connectivity index (χ1) is 26.9. The van der Waals surface area contributed by atoms with Crippen molar-refractivity contribution in [2.75, 3.05) is 54.6 Å². The van der Waals surface area contributed by atoms with Gasteiger partial charge in [-0.05, 0) is 43.9 Å². The Morgan fingerprint density at radius 2 is 1.51 bits per heavy atom. The van der Waals surface area contributed by atoms with E-state index < -0.39 is 0 Å². The predicted molar refractivity (Wildman–Crippen MR) is 205 cm³/mol. The molecule has 0 bridgehead atoms. The van der Waals surface area contributed by atoms with Gasteiger partial charge in [0.1, 0.15) is 42.9 Å². The van der Waals surface area contributed by atoms with E-state index in [1.807, 2.05) is 29.0 Å². The Morgan fingerprint density at radius 3 is 2.15 bits per heavy atom. The van der Waals surface area contributed by atoms with Gasteiger partial charge in [0, 0.05) is 51.1 Å². The zero-order valence-corrected chi connectivity index (χ0v) is 31.4. The van der Waals surface area contributed by atoms with Gasteiger partial charge in [-0.25, -0.2) is 29.5 Å². The summed E-state index contributed by atoms with van der Waals surface area (Å²) in [6.45, 7) is 8.89. The Morgan fingerprint density at radius 1 is 0.818 bits per heavy atom. The number of anilines is 4. The molecule has 0 amide bonds. The van der Waals surface area contributed by atoms with Crippen LogP contribution in [0.5, 0.6) is 0 Å². The molecule has 15 heteroatoms. The number of methoxy groups -OCH3 is 1. The number of ether oxygens (including phenoxy) is 2. The summed E-state index contributed by atoms with van der Waals surface area (Å²) in [5.41, 5.74) is 17.4. The lowest BCUT2D eigenvalue weighted by Gasteiger charge is -2.51. The molecule has 0 aromatic carbocycles. The molecule has 15 nitrogen and oxygen atoms in total. The van der Waals surface area contributed by atoms with E-state index in [0.717, 1.165) is 109 Å². The van der Waals surface area contributed by atoms with Crippen molar-refractivity contribution in [2.45, 2.75) is 65.5 Å². The van der Waals surface area contributed by atoms with Gasteiger partial charge in [-0.2, -0.15) is 0 Å². The molecule has 55 heavy (non-hydrogen) atoms. The fraction of sp³-hybridized carbons (Fsp3) is 0.400. The number of nitrogens with two attached hydrogens (primary N) is 2. The largest absolute Gasteiger partial charge is 0.384 e. The van der Waals surface area contributed by atoms with Crippen molar-refractivity contribution in [3.05, 3.63) is 94.6 Å². The second-order valence-corrected chi connectivity index (χ2v) is 14.0.